The Morgan fingerprint density at radius 1 is 1.00 bits per heavy atom. The predicted molar refractivity (Wildman–Crippen MR) is 98.0 cm³/mol. The second kappa shape index (κ2) is 8.79. The molecule has 0 saturated carbocycles. The minimum Gasteiger partial charge on any atom is -0.370 e. The highest BCUT2D eigenvalue weighted by Crippen LogP contribution is 2.29. The van der Waals surface area contributed by atoms with E-state index in [0.29, 0.717) is 17.9 Å². The molecule has 0 aromatic heterocycles. The zero-order valence-corrected chi connectivity index (χ0v) is 16.0. The standard InChI is InChI=1S/C18H31BrN2/c1-13(2)11-21(12-14(3)4)18-8-7-16(9-17(18)19)10-20-15(5)6/h7-9,13-15,20H,10-12H2,1-6H3. The third-order valence-corrected chi connectivity index (χ3v) is 3.87. The van der Waals surface area contributed by atoms with E-state index in [2.05, 4.69) is 85.9 Å². The molecule has 0 aliphatic rings. The Bertz CT molecular complexity index is 417. The summed E-state index contributed by atoms with van der Waals surface area (Å²) in [5.74, 6) is 1.33. The molecular weight excluding hydrogens is 324 g/mol. The summed E-state index contributed by atoms with van der Waals surface area (Å²) in [6.07, 6.45) is 0. The van der Waals surface area contributed by atoms with Crippen molar-refractivity contribution in [3.8, 4) is 0 Å². The molecule has 0 heterocycles. The van der Waals surface area contributed by atoms with Crippen LogP contribution in [0, 0.1) is 11.8 Å². The van der Waals surface area contributed by atoms with E-state index in [1.807, 2.05) is 0 Å². The van der Waals surface area contributed by atoms with E-state index in [1.54, 1.807) is 0 Å². The Labute approximate surface area is 139 Å². The van der Waals surface area contributed by atoms with E-state index >= 15 is 0 Å². The molecule has 0 spiro atoms. The van der Waals surface area contributed by atoms with Crippen molar-refractivity contribution >= 4 is 21.6 Å². The zero-order chi connectivity index (χ0) is 16.0. The van der Waals surface area contributed by atoms with E-state index in [4.69, 9.17) is 0 Å². The maximum absolute atomic E-state index is 3.77. The van der Waals surface area contributed by atoms with Crippen molar-refractivity contribution in [3.63, 3.8) is 0 Å². The van der Waals surface area contributed by atoms with Crippen LogP contribution in [-0.4, -0.2) is 19.1 Å². The fourth-order valence-corrected chi connectivity index (χ4v) is 3.07. The molecule has 120 valence electrons. The van der Waals surface area contributed by atoms with Crippen LogP contribution in [0.4, 0.5) is 5.69 Å². The van der Waals surface area contributed by atoms with Gasteiger partial charge in [-0.25, -0.2) is 0 Å². The van der Waals surface area contributed by atoms with Gasteiger partial charge in [0.1, 0.15) is 0 Å². The average Bonchev–Trinajstić information content (AvgIpc) is 2.34. The smallest absolute Gasteiger partial charge is 0.0511 e. The van der Waals surface area contributed by atoms with Crippen molar-refractivity contribution in [2.75, 3.05) is 18.0 Å². The third-order valence-electron chi connectivity index (χ3n) is 3.24. The van der Waals surface area contributed by atoms with E-state index in [-0.39, 0.29) is 0 Å². The van der Waals surface area contributed by atoms with Crippen molar-refractivity contribution < 1.29 is 0 Å². The summed E-state index contributed by atoms with van der Waals surface area (Å²) < 4.78 is 1.20. The van der Waals surface area contributed by atoms with Crippen LogP contribution in [-0.2, 0) is 6.54 Å². The van der Waals surface area contributed by atoms with Gasteiger partial charge in [-0.2, -0.15) is 0 Å². The second-order valence-corrected chi connectivity index (χ2v) is 7.87. The van der Waals surface area contributed by atoms with Crippen molar-refractivity contribution in [2.45, 2.75) is 54.1 Å². The maximum atomic E-state index is 3.77. The van der Waals surface area contributed by atoms with Gasteiger partial charge in [0.25, 0.3) is 0 Å². The minimum atomic E-state index is 0.516. The van der Waals surface area contributed by atoms with Gasteiger partial charge in [0.15, 0.2) is 0 Å². The van der Waals surface area contributed by atoms with Crippen molar-refractivity contribution in [1.29, 1.82) is 0 Å². The molecule has 2 nitrogen and oxygen atoms in total. The molecule has 0 radical (unpaired) electrons. The number of halogens is 1. The summed E-state index contributed by atoms with van der Waals surface area (Å²) in [6, 6.07) is 7.26. The predicted octanol–water partition coefficient (Wildman–Crippen LogP) is 5.07. The van der Waals surface area contributed by atoms with Crippen LogP contribution in [0.15, 0.2) is 22.7 Å². The number of hydrogen-bond acceptors (Lipinski definition) is 2. The summed E-state index contributed by atoms with van der Waals surface area (Å²) in [5.41, 5.74) is 2.64. The first-order chi connectivity index (χ1) is 9.79. The number of anilines is 1. The SMILES string of the molecule is CC(C)CN(CC(C)C)c1ccc(CNC(C)C)cc1Br. The summed E-state index contributed by atoms with van der Waals surface area (Å²) in [6.45, 7) is 16.6. The molecule has 21 heavy (non-hydrogen) atoms. The number of rotatable bonds is 8. The lowest BCUT2D eigenvalue weighted by Gasteiger charge is -2.29. The number of hydrogen-bond donors (Lipinski definition) is 1. The van der Waals surface area contributed by atoms with Gasteiger partial charge in [0, 0.05) is 30.1 Å². The topological polar surface area (TPSA) is 15.3 Å². The first-order valence-corrected chi connectivity index (χ1v) is 8.85. The lowest BCUT2D eigenvalue weighted by molar-refractivity contribution is 0.552. The van der Waals surface area contributed by atoms with Gasteiger partial charge >= 0.3 is 0 Å². The summed E-state index contributed by atoms with van der Waals surface area (Å²) >= 11 is 3.77. The highest BCUT2D eigenvalue weighted by Gasteiger charge is 2.13. The van der Waals surface area contributed by atoms with Crippen LogP contribution in [0.3, 0.4) is 0 Å². The first kappa shape index (κ1) is 18.5. The largest absolute Gasteiger partial charge is 0.370 e. The molecule has 0 aliphatic heterocycles. The zero-order valence-electron chi connectivity index (χ0n) is 14.4. The lowest BCUT2D eigenvalue weighted by Crippen LogP contribution is -2.31. The Morgan fingerprint density at radius 2 is 1.57 bits per heavy atom. The van der Waals surface area contributed by atoms with Crippen LogP contribution in [0.2, 0.25) is 0 Å². The van der Waals surface area contributed by atoms with Gasteiger partial charge in [-0.15, -0.1) is 0 Å². The molecule has 1 N–H and O–H groups in total. The normalized spacial score (nSPS) is 11.7. The van der Waals surface area contributed by atoms with Crippen LogP contribution >= 0.6 is 15.9 Å². The Balaban J connectivity index is 2.88. The minimum absolute atomic E-state index is 0.516. The van der Waals surface area contributed by atoms with Gasteiger partial charge in [-0.05, 0) is 45.5 Å². The number of benzene rings is 1. The Hall–Kier alpha value is -0.540. The van der Waals surface area contributed by atoms with Crippen molar-refractivity contribution in [3.05, 3.63) is 28.2 Å². The Morgan fingerprint density at radius 3 is 2.00 bits per heavy atom. The Kier molecular flexibility index (Phi) is 7.75. The lowest BCUT2D eigenvalue weighted by atomic mass is 10.1. The fourth-order valence-electron chi connectivity index (χ4n) is 2.39. The molecule has 0 bridgehead atoms. The fraction of sp³-hybridized carbons (Fsp3) is 0.667. The molecule has 1 aromatic rings. The van der Waals surface area contributed by atoms with Crippen LogP contribution in [0.5, 0.6) is 0 Å². The molecule has 0 saturated heterocycles. The molecule has 0 atom stereocenters. The molecule has 0 fully saturated rings. The molecule has 0 unspecified atom stereocenters. The molecule has 1 aromatic carbocycles. The van der Waals surface area contributed by atoms with Crippen LogP contribution < -0.4 is 10.2 Å². The van der Waals surface area contributed by atoms with Gasteiger partial charge in [0.05, 0.1) is 5.69 Å². The quantitative estimate of drug-likeness (QED) is 0.701. The second-order valence-electron chi connectivity index (χ2n) is 7.01. The van der Waals surface area contributed by atoms with Crippen LogP contribution in [0.1, 0.15) is 47.1 Å². The first-order valence-electron chi connectivity index (χ1n) is 8.06. The van der Waals surface area contributed by atoms with E-state index < -0.39 is 0 Å². The van der Waals surface area contributed by atoms with Gasteiger partial charge in [-0.3, -0.25) is 0 Å². The van der Waals surface area contributed by atoms with E-state index in [9.17, 15) is 0 Å². The number of nitrogens with one attached hydrogen (secondary N) is 1. The van der Waals surface area contributed by atoms with Gasteiger partial charge < -0.3 is 10.2 Å². The summed E-state index contributed by atoms with van der Waals surface area (Å²) in [7, 11) is 0. The van der Waals surface area contributed by atoms with E-state index in [1.165, 1.54) is 15.7 Å². The molecule has 0 aliphatic carbocycles. The molecule has 0 amide bonds. The van der Waals surface area contributed by atoms with Crippen LogP contribution in [0.25, 0.3) is 0 Å². The highest BCUT2D eigenvalue weighted by molar-refractivity contribution is 9.10. The number of nitrogens with zero attached hydrogens (tertiary/aromatic N) is 1. The third kappa shape index (κ3) is 6.84. The summed E-state index contributed by atoms with van der Waals surface area (Å²) in [5, 5.41) is 3.47. The van der Waals surface area contributed by atoms with Gasteiger partial charge in [-0.1, -0.05) is 47.6 Å². The van der Waals surface area contributed by atoms with Crippen molar-refractivity contribution in [1.82, 2.24) is 5.32 Å². The van der Waals surface area contributed by atoms with E-state index in [0.717, 1.165) is 19.6 Å². The summed E-state index contributed by atoms with van der Waals surface area (Å²) in [4.78, 5) is 2.50. The average molecular weight is 355 g/mol. The molecule has 3 heteroatoms. The molecular formula is C18H31BrN2. The highest BCUT2D eigenvalue weighted by atomic mass is 79.9. The van der Waals surface area contributed by atoms with Crippen molar-refractivity contribution in [2.24, 2.45) is 11.8 Å². The molecule has 1 rings (SSSR count). The maximum Gasteiger partial charge on any atom is 0.0511 e. The monoisotopic (exact) mass is 354 g/mol. The van der Waals surface area contributed by atoms with Gasteiger partial charge in [0.2, 0.25) is 0 Å².